The Bertz CT molecular complexity index is 1290. The van der Waals surface area contributed by atoms with E-state index in [4.69, 9.17) is 0 Å². The number of fused-ring (bicyclic) bond motifs is 2. The van der Waals surface area contributed by atoms with Gasteiger partial charge in [-0.3, -0.25) is 9.59 Å². The summed E-state index contributed by atoms with van der Waals surface area (Å²) in [7, 11) is 1.63. The smallest absolute Gasteiger partial charge is 0.274 e. The Morgan fingerprint density at radius 1 is 1.07 bits per heavy atom. The third-order valence-corrected chi connectivity index (χ3v) is 6.75. The van der Waals surface area contributed by atoms with Crippen molar-refractivity contribution in [3.05, 3.63) is 98.1 Å². The van der Waals surface area contributed by atoms with Gasteiger partial charge in [-0.25, -0.2) is 4.68 Å². The fourth-order valence-corrected chi connectivity index (χ4v) is 5.23. The molecule has 4 aromatic rings. The van der Waals surface area contributed by atoms with Crippen LogP contribution in [0.4, 0.5) is 0 Å². The average Bonchev–Trinajstić information content (AvgIpc) is 3.26. The molecule has 1 aliphatic heterocycles. The Balaban J connectivity index is 1.54. The molecule has 1 amide bonds. The molecule has 5 rings (SSSR count). The van der Waals surface area contributed by atoms with Crippen molar-refractivity contribution in [2.24, 2.45) is 7.05 Å². The first-order valence-corrected chi connectivity index (χ1v) is 10.9. The van der Waals surface area contributed by atoms with E-state index in [1.54, 1.807) is 24.5 Å². The van der Waals surface area contributed by atoms with Crippen molar-refractivity contribution in [2.45, 2.75) is 18.9 Å². The first-order valence-electron chi connectivity index (χ1n) is 9.99. The van der Waals surface area contributed by atoms with Gasteiger partial charge in [-0.05, 0) is 35.1 Å². The van der Waals surface area contributed by atoms with Crippen LogP contribution in [0.3, 0.4) is 0 Å². The van der Waals surface area contributed by atoms with Gasteiger partial charge in [0, 0.05) is 23.9 Å². The summed E-state index contributed by atoms with van der Waals surface area (Å²) in [5.41, 5.74) is 2.82. The van der Waals surface area contributed by atoms with E-state index in [1.165, 1.54) is 15.1 Å². The van der Waals surface area contributed by atoms with Crippen LogP contribution in [0.5, 0.6) is 0 Å². The second kappa shape index (κ2) is 7.54. The van der Waals surface area contributed by atoms with Crippen LogP contribution in [-0.4, -0.2) is 27.1 Å². The molecule has 150 valence electrons. The van der Waals surface area contributed by atoms with Gasteiger partial charge in [-0.1, -0.05) is 48.5 Å². The summed E-state index contributed by atoms with van der Waals surface area (Å²) in [4.78, 5) is 29.3. The van der Waals surface area contributed by atoms with Gasteiger partial charge in [-0.2, -0.15) is 5.10 Å². The van der Waals surface area contributed by atoms with Crippen molar-refractivity contribution < 1.29 is 4.79 Å². The van der Waals surface area contributed by atoms with Crippen molar-refractivity contribution in [1.29, 1.82) is 0 Å². The van der Waals surface area contributed by atoms with Crippen molar-refractivity contribution in [1.82, 2.24) is 14.7 Å². The molecule has 0 saturated carbocycles. The highest BCUT2D eigenvalue weighted by atomic mass is 32.1. The normalized spacial score (nSPS) is 15.9. The lowest BCUT2D eigenvalue weighted by molar-refractivity contribution is -0.132. The standard InChI is InChI=1S/C24H21N3O2S/c1-26-24(29)18-10-6-5-9-17(18)20(25-26)15-22(28)27-13-11-21-19(12-14-30-21)23(27)16-7-3-2-4-8-16/h2-10,12,14,23H,11,13,15H2,1H3. The van der Waals surface area contributed by atoms with E-state index in [2.05, 4.69) is 28.7 Å². The van der Waals surface area contributed by atoms with Gasteiger partial charge in [0.2, 0.25) is 5.91 Å². The topological polar surface area (TPSA) is 55.2 Å². The molecule has 6 heteroatoms. The lowest BCUT2D eigenvalue weighted by atomic mass is 9.93. The summed E-state index contributed by atoms with van der Waals surface area (Å²) < 4.78 is 1.33. The van der Waals surface area contributed by atoms with Gasteiger partial charge in [0.05, 0.1) is 23.5 Å². The number of rotatable bonds is 3. The summed E-state index contributed by atoms with van der Waals surface area (Å²) in [6.07, 6.45) is 1.03. The number of benzene rings is 2. The minimum Gasteiger partial charge on any atom is -0.331 e. The first kappa shape index (κ1) is 18.8. The number of hydrogen-bond acceptors (Lipinski definition) is 4. The van der Waals surface area contributed by atoms with Crippen molar-refractivity contribution in [2.75, 3.05) is 6.54 Å². The zero-order valence-electron chi connectivity index (χ0n) is 16.6. The minimum atomic E-state index is -0.148. The maximum absolute atomic E-state index is 13.5. The summed E-state index contributed by atoms with van der Waals surface area (Å²) in [5, 5.41) is 7.88. The van der Waals surface area contributed by atoms with Crippen LogP contribution in [0.1, 0.15) is 27.7 Å². The summed E-state index contributed by atoms with van der Waals surface area (Å²) >= 11 is 1.76. The van der Waals surface area contributed by atoms with E-state index in [0.717, 1.165) is 17.4 Å². The molecule has 0 bridgehead atoms. The molecule has 0 radical (unpaired) electrons. The van der Waals surface area contributed by atoms with Gasteiger partial charge in [0.25, 0.3) is 5.56 Å². The molecule has 0 spiro atoms. The molecule has 1 aliphatic rings. The van der Waals surface area contributed by atoms with Crippen LogP contribution >= 0.6 is 11.3 Å². The highest BCUT2D eigenvalue weighted by Crippen LogP contribution is 2.38. The molecule has 0 N–H and O–H groups in total. The number of amides is 1. The van der Waals surface area contributed by atoms with Gasteiger partial charge in [-0.15, -0.1) is 11.3 Å². The molecule has 1 unspecified atom stereocenters. The number of nitrogens with zero attached hydrogens (tertiary/aromatic N) is 3. The molecule has 0 aliphatic carbocycles. The predicted molar refractivity (Wildman–Crippen MR) is 119 cm³/mol. The van der Waals surface area contributed by atoms with Crippen LogP contribution in [0, 0.1) is 0 Å². The number of thiophene rings is 1. The molecule has 30 heavy (non-hydrogen) atoms. The molecular formula is C24H21N3O2S. The number of carbonyl (C=O) groups excluding carboxylic acids is 1. The summed E-state index contributed by atoms with van der Waals surface area (Å²) in [6, 6.07) is 19.6. The Morgan fingerprint density at radius 3 is 2.60 bits per heavy atom. The Labute approximate surface area is 178 Å². The Kier molecular flexibility index (Phi) is 4.71. The zero-order valence-corrected chi connectivity index (χ0v) is 17.4. The van der Waals surface area contributed by atoms with E-state index in [1.807, 2.05) is 41.3 Å². The Hall–Kier alpha value is -3.25. The van der Waals surface area contributed by atoms with E-state index in [-0.39, 0.29) is 23.9 Å². The lowest BCUT2D eigenvalue weighted by Gasteiger charge is -2.36. The van der Waals surface area contributed by atoms with Crippen molar-refractivity contribution >= 4 is 28.0 Å². The third-order valence-electron chi connectivity index (χ3n) is 5.75. The monoisotopic (exact) mass is 415 g/mol. The fourth-order valence-electron chi connectivity index (χ4n) is 4.33. The van der Waals surface area contributed by atoms with Gasteiger partial charge < -0.3 is 4.90 Å². The SMILES string of the molecule is Cn1nc(CC(=O)N2CCc3sccc3C2c2ccccc2)c2ccccc2c1=O. The van der Waals surface area contributed by atoms with Crippen LogP contribution in [0.25, 0.3) is 10.8 Å². The zero-order chi connectivity index (χ0) is 20.7. The molecular weight excluding hydrogens is 394 g/mol. The molecule has 5 nitrogen and oxygen atoms in total. The van der Waals surface area contributed by atoms with Gasteiger partial charge >= 0.3 is 0 Å². The highest BCUT2D eigenvalue weighted by molar-refractivity contribution is 7.10. The molecule has 3 heterocycles. The van der Waals surface area contributed by atoms with E-state index in [0.29, 0.717) is 17.6 Å². The molecule has 0 saturated heterocycles. The van der Waals surface area contributed by atoms with Crippen LogP contribution in [-0.2, 0) is 24.7 Å². The van der Waals surface area contributed by atoms with Crippen molar-refractivity contribution in [3.8, 4) is 0 Å². The third kappa shape index (κ3) is 3.13. The maximum Gasteiger partial charge on any atom is 0.274 e. The number of hydrogen-bond donors (Lipinski definition) is 0. The van der Waals surface area contributed by atoms with Gasteiger partial charge in [0.1, 0.15) is 0 Å². The van der Waals surface area contributed by atoms with Crippen LogP contribution in [0.2, 0.25) is 0 Å². The summed E-state index contributed by atoms with van der Waals surface area (Å²) in [5.74, 6) is 0.0250. The fraction of sp³-hybridized carbons (Fsp3) is 0.208. The van der Waals surface area contributed by atoms with E-state index >= 15 is 0 Å². The molecule has 2 aromatic heterocycles. The van der Waals surface area contributed by atoms with Gasteiger partial charge in [0.15, 0.2) is 0 Å². The van der Waals surface area contributed by atoms with Crippen LogP contribution in [0.15, 0.2) is 70.8 Å². The second-order valence-corrected chi connectivity index (χ2v) is 8.55. The quantitative estimate of drug-likeness (QED) is 0.513. The maximum atomic E-state index is 13.5. The molecule has 1 atom stereocenters. The lowest BCUT2D eigenvalue weighted by Crippen LogP contribution is -2.41. The highest BCUT2D eigenvalue weighted by Gasteiger charge is 2.33. The van der Waals surface area contributed by atoms with Crippen LogP contribution < -0.4 is 5.56 Å². The van der Waals surface area contributed by atoms with Crippen molar-refractivity contribution in [3.63, 3.8) is 0 Å². The van der Waals surface area contributed by atoms with E-state index < -0.39 is 0 Å². The van der Waals surface area contributed by atoms with E-state index in [9.17, 15) is 9.59 Å². The average molecular weight is 416 g/mol. The number of carbonyl (C=O) groups is 1. The number of aromatic nitrogens is 2. The largest absolute Gasteiger partial charge is 0.331 e. The predicted octanol–water partition coefficient (Wildman–Crippen LogP) is 3.71. The Morgan fingerprint density at radius 2 is 1.80 bits per heavy atom. The summed E-state index contributed by atoms with van der Waals surface area (Å²) in [6.45, 7) is 0.676. The minimum absolute atomic E-state index is 0.0250. The molecule has 2 aromatic carbocycles. The molecule has 0 fully saturated rings. The number of aryl methyl sites for hydroxylation is 1. The first-order chi connectivity index (χ1) is 14.6. The second-order valence-electron chi connectivity index (χ2n) is 7.55.